The topological polar surface area (TPSA) is 102 Å². The van der Waals surface area contributed by atoms with E-state index in [0.717, 1.165) is 59.2 Å². The molecule has 7 nitrogen and oxygen atoms in total. The van der Waals surface area contributed by atoms with Gasteiger partial charge in [0.25, 0.3) is 11.8 Å². The molecular formula is C23H23N3O4S3. The minimum Gasteiger partial charge on any atom is -0.494 e. The highest BCUT2D eigenvalue weighted by molar-refractivity contribution is 8.26. The summed E-state index contributed by atoms with van der Waals surface area (Å²) in [5, 5.41) is 3.24. The molecule has 10 heteroatoms. The molecule has 172 valence electrons. The zero-order valence-corrected chi connectivity index (χ0v) is 20.5. The van der Waals surface area contributed by atoms with E-state index in [1.54, 1.807) is 6.08 Å². The SMILES string of the molecule is CCOc1ccc(/C=C2\SC(=S)N(CC(=O)Nc3sc4c(c3C(N)=O)CCCC4)C2=O)cc1. The lowest BCUT2D eigenvalue weighted by molar-refractivity contribution is -0.126. The zero-order chi connectivity index (χ0) is 23.5. The first-order valence-electron chi connectivity index (χ1n) is 10.6. The molecule has 0 spiro atoms. The Morgan fingerprint density at radius 2 is 1.97 bits per heavy atom. The second-order valence-corrected chi connectivity index (χ2v) is 10.4. The Kier molecular flexibility index (Phi) is 7.16. The standard InChI is InChI=1S/C23H23N3O4S3/c1-2-30-14-9-7-13(8-10-14)11-17-22(29)26(23(31)33-17)12-18(27)25-21-19(20(24)28)15-5-3-4-6-16(15)32-21/h7-11H,2-6,12H2,1H3,(H2,24,28)(H,25,27)/b17-11-. The second-order valence-electron chi connectivity index (χ2n) is 7.60. The average molecular weight is 502 g/mol. The van der Waals surface area contributed by atoms with Crippen LogP contribution in [0.15, 0.2) is 29.2 Å². The smallest absolute Gasteiger partial charge is 0.266 e. The van der Waals surface area contributed by atoms with Gasteiger partial charge in [-0.3, -0.25) is 19.3 Å². The summed E-state index contributed by atoms with van der Waals surface area (Å²) in [7, 11) is 0. The van der Waals surface area contributed by atoms with E-state index >= 15 is 0 Å². The lowest BCUT2D eigenvalue weighted by Crippen LogP contribution is -2.36. The molecule has 1 aliphatic heterocycles. The molecule has 2 aliphatic rings. The third-order valence-electron chi connectivity index (χ3n) is 5.33. The van der Waals surface area contributed by atoms with Crippen LogP contribution < -0.4 is 15.8 Å². The predicted octanol–water partition coefficient (Wildman–Crippen LogP) is 3.96. The summed E-state index contributed by atoms with van der Waals surface area (Å²) in [4.78, 5) is 40.5. The van der Waals surface area contributed by atoms with Crippen LogP contribution in [0.3, 0.4) is 0 Å². The number of thioether (sulfide) groups is 1. The van der Waals surface area contributed by atoms with Crippen molar-refractivity contribution in [1.82, 2.24) is 4.90 Å². The number of rotatable bonds is 7. The van der Waals surface area contributed by atoms with Crippen molar-refractivity contribution in [2.45, 2.75) is 32.6 Å². The number of thiophene rings is 1. The van der Waals surface area contributed by atoms with E-state index in [1.807, 2.05) is 31.2 Å². The number of benzene rings is 1. The normalized spacial score (nSPS) is 16.8. The van der Waals surface area contributed by atoms with Gasteiger partial charge in [-0.1, -0.05) is 36.1 Å². The summed E-state index contributed by atoms with van der Waals surface area (Å²) in [5.74, 6) is -0.539. The molecule has 1 fully saturated rings. The van der Waals surface area contributed by atoms with Crippen molar-refractivity contribution < 1.29 is 19.1 Å². The van der Waals surface area contributed by atoms with Gasteiger partial charge in [-0.05, 0) is 61.9 Å². The molecule has 0 radical (unpaired) electrons. The maximum Gasteiger partial charge on any atom is 0.266 e. The van der Waals surface area contributed by atoms with Crippen molar-refractivity contribution in [1.29, 1.82) is 0 Å². The highest BCUT2D eigenvalue weighted by Crippen LogP contribution is 2.38. The summed E-state index contributed by atoms with van der Waals surface area (Å²) >= 11 is 7.89. The third kappa shape index (κ3) is 5.13. The Balaban J connectivity index is 1.46. The number of ether oxygens (including phenoxy) is 1. The number of hydrogen-bond acceptors (Lipinski definition) is 7. The fraction of sp³-hybridized carbons (Fsp3) is 0.304. The van der Waals surface area contributed by atoms with Crippen LogP contribution in [0.2, 0.25) is 0 Å². The first-order valence-corrected chi connectivity index (χ1v) is 12.6. The first-order chi connectivity index (χ1) is 15.9. The molecule has 1 saturated heterocycles. The van der Waals surface area contributed by atoms with E-state index in [2.05, 4.69) is 5.32 Å². The lowest BCUT2D eigenvalue weighted by atomic mass is 9.95. The number of thiocarbonyl (C=S) groups is 1. The molecular weight excluding hydrogens is 478 g/mol. The van der Waals surface area contributed by atoms with Crippen LogP contribution in [-0.2, 0) is 22.4 Å². The van der Waals surface area contributed by atoms with Crippen molar-refractivity contribution >= 4 is 68.4 Å². The van der Waals surface area contributed by atoms with Crippen molar-refractivity contribution in [2.75, 3.05) is 18.5 Å². The number of amides is 3. The molecule has 3 N–H and O–H groups in total. The summed E-state index contributed by atoms with van der Waals surface area (Å²) < 4.78 is 5.75. The predicted molar refractivity (Wildman–Crippen MR) is 136 cm³/mol. The molecule has 4 rings (SSSR count). The Morgan fingerprint density at radius 3 is 2.67 bits per heavy atom. The summed E-state index contributed by atoms with van der Waals surface area (Å²) in [6, 6.07) is 7.38. The van der Waals surface area contributed by atoms with Crippen LogP contribution in [-0.4, -0.2) is 40.1 Å². The van der Waals surface area contributed by atoms with Crippen LogP contribution >= 0.6 is 35.3 Å². The number of hydrogen-bond donors (Lipinski definition) is 2. The number of carbonyl (C=O) groups excluding carboxylic acids is 3. The highest BCUT2D eigenvalue weighted by atomic mass is 32.2. The molecule has 1 aromatic carbocycles. The van der Waals surface area contributed by atoms with Crippen LogP contribution in [0.1, 0.15) is 46.1 Å². The van der Waals surface area contributed by atoms with Crippen molar-refractivity contribution in [3.63, 3.8) is 0 Å². The van der Waals surface area contributed by atoms with Gasteiger partial charge in [-0.15, -0.1) is 11.3 Å². The summed E-state index contributed by atoms with van der Waals surface area (Å²) in [6.45, 7) is 2.26. The fourth-order valence-electron chi connectivity index (χ4n) is 3.84. The number of aryl methyl sites for hydroxylation is 1. The van der Waals surface area contributed by atoms with E-state index < -0.39 is 11.8 Å². The third-order valence-corrected chi connectivity index (χ3v) is 7.92. The number of nitrogens with zero attached hydrogens (tertiary/aromatic N) is 1. The van der Waals surface area contributed by atoms with Gasteiger partial charge >= 0.3 is 0 Å². The molecule has 33 heavy (non-hydrogen) atoms. The Bertz CT molecular complexity index is 1150. The fourth-order valence-corrected chi connectivity index (χ4v) is 6.40. The van der Waals surface area contributed by atoms with Crippen molar-refractivity contribution in [3.05, 3.63) is 50.7 Å². The molecule has 0 saturated carbocycles. The lowest BCUT2D eigenvalue weighted by Gasteiger charge is -2.14. The Morgan fingerprint density at radius 1 is 1.24 bits per heavy atom. The monoisotopic (exact) mass is 501 g/mol. The summed E-state index contributed by atoms with van der Waals surface area (Å²) in [5.41, 5.74) is 7.76. The molecule has 0 atom stereocenters. The molecule has 0 unspecified atom stereocenters. The van der Waals surface area contributed by atoms with Gasteiger partial charge in [0.1, 0.15) is 21.6 Å². The van der Waals surface area contributed by atoms with Crippen LogP contribution in [0.25, 0.3) is 6.08 Å². The average Bonchev–Trinajstić information content (AvgIpc) is 3.27. The first kappa shape index (κ1) is 23.5. The Hall–Kier alpha value is -2.69. The van der Waals surface area contributed by atoms with E-state index in [-0.39, 0.29) is 12.5 Å². The number of nitrogens with two attached hydrogens (primary N) is 1. The molecule has 2 aromatic rings. The van der Waals surface area contributed by atoms with Gasteiger partial charge < -0.3 is 15.8 Å². The summed E-state index contributed by atoms with van der Waals surface area (Å²) in [6.07, 6.45) is 5.45. The minimum absolute atomic E-state index is 0.230. The Labute approximate surface area is 205 Å². The van der Waals surface area contributed by atoms with E-state index in [1.165, 1.54) is 16.2 Å². The second kappa shape index (κ2) is 10.1. The molecule has 1 aliphatic carbocycles. The minimum atomic E-state index is -0.548. The van der Waals surface area contributed by atoms with Gasteiger partial charge in [-0.2, -0.15) is 0 Å². The highest BCUT2D eigenvalue weighted by Gasteiger charge is 2.34. The van der Waals surface area contributed by atoms with Crippen LogP contribution in [0.4, 0.5) is 5.00 Å². The van der Waals surface area contributed by atoms with Gasteiger partial charge in [0, 0.05) is 4.88 Å². The number of fused-ring (bicyclic) bond motifs is 1. The van der Waals surface area contributed by atoms with Crippen molar-refractivity contribution in [3.8, 4) is 5.75 Å². The van der Waals surface area contributed by atoms with Gasteiger partial charge in [-0.25, -0.2) is 0 Å². The van der Waals surface area contributed by atoms with Crippen LogP contribution in [0, 0.1) is 0 Å². The number of primary amides is 1. The number of anilines is 1. The van der Waals surface area contributed by atoms with E-state index in [9.17, 15) is 14.4 Å². The number of carbonyl (C=O) groups is 3. The maximum absolute atomic E-state index is 12.9. The molecule has 3 amide bonds. The quantitative estimate of drug-likeness (QED) is 0.440. The number of nitrogens with one attached hydrogen (secondary N) is 1. The largest absolute Gasteiger partial charge is 0.494 e. The zero-order valence-electron chi connectivity index (χ0n) is 18.0. The molecule has 0 bridgehead atoms. The maximum atomic E-state index is 12.9. The van der Waals surface area contributed by atoms with Gasteiger partial charge in [0.15, 0.2) is 0 Å². The van der Waals surface area contributed by atoms with E-state index in [4.69, 9.17) is 22.7 Å². The van der Waals surface area contributed by atoms with E-state index in [0.29, 0.717) is 26.4 Å². The van der Waals surface area contributed by atoms with Crippen molar-refractivity contribution in [2.24, 2.45) is 5.73 Å². The van der Waals surface area contributed by atoms with Gasteiger partial charge in [0.05, 0.1) is 17.1 Å². The molecule has 2 heterocycles. The van der Waals surface area contributed by atoms with Gasteiger partial charge in [0.2, 0.25) is 5.91 Å². The van der Waals surface area contributed by atoms with Crippen LogP contribution in [0.5, 0.6) is 5.75 Å². The molecule has 1 aromatic heterocycles.